The first-order valence-electron chi connectivity index (χ1n) is 7.88. The van der Waals surface area contributed by atoms with Crippen LogP contribution in [0.1, 0.15) is 41.8 Å². The molecule has 126 valence electrons. The molecular formula is C19H21NO4. The molecule has 0 heterocycles. The zero-order valence-electron chi connectivity index (χ0n) is 13.6. The number of carbonyl (C=O) groups excluding carboxylic acids is 1. The highest BCUT2D eigenvalue weighted by molar-refractivity contribution is 5.94. The fourth-order valence-corrected chi connectivity index (χ4v) is 2.22. The summed E-state index contributed by atoms with van der Waals surface area (Å²) in [4.78, 5) is 22.4. The van der Waals surface area contributed by atoms with Gasteiger partial charge in [-0.15, -0.1) is 0 Å². The van der Waals surface area contributed by atoms with Crippen molar-refractivity contribution < 1.29 is 19.4 Å². The lowest BCUT2D eigenvalue weighted by Crippen LogP contribution is -2.24. The Kier molecular flexibility index (Phi) is 6.37. The average molecular weight is 327 g/mol. The van der Waals surface area contributed by atoms with Crippen LogP contribution in [0.15, 0.2) is 54.6 Å². The molecule has 0 aliphatic carbocycles. The van der Waals surface area contributed by atoms with Gasteiger partial charge in [0.05, 0.1) is 0 Å². The molecule has 0 aliphatic rings. The first-order chi connectivity index (χ1) is 11.6. The number of hydrogen-bond acceptors (Lipinski definition) is 3. The smallest absolute Gasteiger partial charge is 0.303 e. The lowest BCUT2D eigenvalue weighted by Gasteiger charge is -2.15. The molecule has 0 saturated carbocycles. The van der Waals surface area contributed by atoms with Gasteiger partial charge >= 0.3 is 5.97 Å². The molecule has 0 spiro atoms. The van der Waals surface area contributed by atoms with Gasteiger partial charge in [0.2, 0.25) is 0 Å². The van der Waals surface area contributed by atoms with Gasteiger partial charge in [-0.25, -0.2) is 0 Å². The number of rotatable bonds is 8. The Bertz CT molecular complexity index is 668. The van der Waals surface area contributed by atoms with E-state index < -0.39 is 5.97 Å². The van der Waals surface area contributed by atoms with Gasteiger partial charge in [-0.1, -0.05) is 30.3 Å². The van der Waals surface area contributed by atoms with Crippen molar-refractivity contribution >= 4 is 11.9 Å². The van der Waals surface area contributed by atoms with Gasteiger partial charge in [-0.3, -0.25) is 9.59 Å². The molecule has 0 aliphatic heterocycles. The van der Waals surface area contributed by atoms with Crippen LogP contribution in [0.5, 0.6) is 5.75 Å². The summed E-state index contributed by atoms with van der Waals surface area (Å²) in [6.45, 7) is 2.31. The van der Waals surface area contributed by atoms with E-state index in [1.165, 1.54) is 0 Å². The number of carbonyl (C=O) groups is 2. The Hall–Kier alpha value is -2.82. The topological polar surface area (TPSA) is 75.6 Å². The summed E-state index contributed by atoms with van der Waals surface area (Å²) >= 11 is 0. The van der Waals surface area contributed by atoms with E-state index in [1.807, 2.05) is 37.3 Å². The van der Waals surface area contributed by atoms with Crippen LogP contribution in [0.3, 0.4) is 0 Å². The van der Waals surface area contributed by atoms with Crippen LogP contribution >= 0.6 is 0 Å². The van der Waals surface area contributed by atoms with E-state index in [0.29, 0.717) is 24.3 Å². The van der Waals surface area contributed by atoms with Crippen molar-refractivity contribution in [3.63, 3.8) is 0 Å². The van der Waals surface area contributed by atoms with Gasteiger partial charge in [-0.05, 0) is 43.2 Å². The van der Waals surface area contributed by atoms with Gasteiger partial charge in [0.1, 0.15) is 11.9 Å². The Morgan fingerprint density at radius 3 is 2.38 bits per heavy atom. The highest BCUT2D eigenvalue weighted by Crippen LogP contribution is 2.21. The van der Waals surface area contributed by atoms with Gasteiger partial charge in [0.25, 0.3) is 5.91 Å². The second kappa shape index (κ2) is 8.72. The lowest BCUT2D eigenvalue weighted by molar-refractivity contribution is -0.137. The maximum atomic E-state index is 11.9. The van der Waals surface area contributed by atoms with Crippen molar-refractivity contribution in [3.8, 4) is 5.75 Å². The molecule has 5 heteroatoms. The van der Waals surface area contributed by atoms with Crippen molar-refractivity contribution in [1.82, 2.24) is 5.32 Å². The minimum atomic E-state index is -0.863. The predicted molar refractivity (Wildman–Crippen MR) is 91.1 cm³/mol. The van der Waals surface area contributed by atoms with Gasteiger partial charge in [0.15, 0.2) is 0 Å². The van der Waals surface area contributed by atoms with Crippen LogP contribution in [-0.2, 0) is 4.79 Å². The van der Waals surface area contributed by atoms with E-state index in [9.17, 15) is 9.59 Å². The van der Waals surface area contributed by atoms with Crippen molar-refractivity contribution in [2.75, 3.05) is 6.54 Å². The summed E-state index contributed by atoms with van der Waals surface area (Å²) in [5.74, 6) is -0.393. The number of carboxylic acids is 1. The van der Waals surface area contributed by atoms with Crippen LogP contribution in [0.2, 0.25) is 0 Å². The molecule has 1 atom stereocenters. The fraction of sp³-hybridized carbons (Fsp3) is 0.263. The Morgan fingerprint density at radius 2 is 1.75 bits per heavy atom. The lowest BCUT2D eigenvalue weighted by atomic mass is 10.1. The summed E-state index contributed by atoms with van der Waals surface area (Å²) in [5, 5.41) is 11.3. The maximum absolute atomic E-state index is 11.9. The molecule has 0 bridgehead atoms. The van der Waals surface area contributed by atoms with Gasteiger partial charge in [0, 0.05) is 18.5 Å². The number of carboxylic acid groups (broad SMARTS) is 1. The SMILES string of the molecule is CC(Oc1ccc(C(=O)NCCCC(=O)O)cc1)c1ccccc1. The molecule has 2 aromatic carbocycles. The third-order valence-electron chi connectivity index (χ3n) is 3.55. The number of aliphatic carboxylic acids is 1. The quantitative estimate of drug-likeness (QED) is 0.729. The summed E-state index contributed by atoms with van der Waals surface area (Å²) < 4.78 is 5.86. The normalized spacial score (nSPS) is 11.5. The number of benzene rings is 2. The average Bonchev–Trinajstić information content (AvgIpc) is 2.59. The molecule has 2 rings (SSSR count). The van der Waals surface area contributed by atoms with Crippen LogP contribution in [0.4, 0.5) is 0 Å². The number of ether oxygens (including phenoxy) is 1. The molecule has 2 N–H and O–H groups in total. The Morgan fingerprint density at radius 1 is 1.08 bits per heavy atom. The second-order valence-corrected chi connectivity index (χ2v) is 5.45. The highest BCUT2D eigenvalue weighted by Gasteiger charge is 2.09. The van der Waals surface area contributed by atoms with Crippen LogP contribution in [0, 0.1) is 0 Å². The number of nitrogens with one attached hydrogen (secondary N) is 1. The molecule has 2 aromatic rings. The van der Waals surface area contributed by atoms with Crippen LogP contribution in [-0.4, -0.2) is 23.5 Å². The Balaban J connectivity index is 1.86. The number of hydrogen-bond donors (Lipinski definition) is 2. The van der Waals surface area contributed by atoms with Crippen LogP contribution < -0.4 is 10.1 Å². The van der Waals surface area contributed by atoms with Crippen molar-refractivity contribution in [1.29, 1.82) is 0 Å². The monoisotopic (exact) mass is 327 g/mol. The molecule has 0 saturated heterocycles. The van der Waals surface area contributed by atoms with Crippen LogP contribution in [0.25, 0.3) is 0 Å². The molecule has 24 heavy (non-hydrogen) atoms. The van der Waals surface area contributed by atoms with E-state index in [4.69, 9.17) is 9.84 Å². The molecule has 5 nitrogen and oxygen atoms in total. The zero-order valence-corrected chi connectivity index (χ0v) is 13.6. The van der Waals surface area contributed by atoms with E-state index in [1.54, 1.807) is 24.3 Å². The maximum Gasteiger partial charge on any atom is 0.303 e. The molecule has 0 aromatic heterocycles. The Labute approximate surface area is 141 Å². The summed E-state index contributed by atoms with van der Waals surface area (Å²) in [6.07, 6.45) is 0.378. The van der Waals surface area contributed by atoms with Crippen molar-refractivity contribution in [2.45, 2.75) is 25.9 Å². The van der Waals surface area contributed by atoms with E-state index in [2.05, 4.69) is 5.32 Å². The molecule has 0 radical (unpaired) electrons. The van der Waals surface area contributed by atoms with E-state index in [0.717, 1.165) is 5.56 Å². The van der Waals surface area contributed by atoms with Crippen molar-refractivity contribution in [2.24, 2.45) is 0 Å². The van der Waals surface area contributed by atoms with Gasteiger partial charge in [-0.2, -0.15) is 0 Å². The summed E-state index contributed by atoms with van der Waals surface area (Å²) in [5.41, 5.74) is 1.60. The minimum Gasteiger partial charge on any atom is -0.486 e. The van der Waals surface area contributed by atoms with E-state index >= 15 is 0 Å². The molecule has 1 amide bonds. The second-order valence-electron chi connectivity index (χ2n) is 5.45. The van der Waals surface area contributed by atoms with Gasteiger partial charge < -0.3 is 15.2 Å². The molecule has 0 fully saturated rings. The van der Waals surface area contributed by atoms with Crippen molar-refractivity contribution in [3.05, 3.63) is 65.7 Å². The standard InChI is InChI=1S/C19H21NO4/c1-14(15-6-3-2-4-7-15)24-17-11-9-16(10-12-17)19(23)20-13-5-8-18(21)22/h2-4,6-7,9-12,14H,5,8,13H2,1H3,(H,20,23)(H,21,22). The fourth-order valence-electron chi connectivity index (χ4n) is 2.22. The number of amides is 1. The first kappa shape index (κ1) is 17.5. The molecule has 1 unspecified atom stereocenters. The third kappa shape index (κ3) is 5.43. The highest BCUT2D eigenvalue weighted by atomic mass is 16.5. The third-order valence-corrected chi connectivity index (χ3v) is 3.55. The first-order valence-corrected chi connectivity index (χ1v) is 7.88. The molecular weight excluding hydrogens is 306 g/mol. The zero-order chi connectivity index (χ0) is 17.4. The predicted octanol–water partition coefficient (Wildman–Crippen LogP) is 3.42. The minimum absolute atomic E-state index is 0.0461. The van der Waals surface area contributed by atoms with E-state index in [-0.39, 0.29) is 18.4 Å². The summed E-state index contributed by atoms with van der Waals surface area (Å²) in [7, 11) is 0. The summed E-state index contributed by atoms with van der Waals surface area (Å²) in [6, 6.07) is 16.8. The largest absolute Gasteiger partial charge is 0.486 e.